The number of methoxy groups -OCH3 is 1. The molecule has 0 amide bonds. The fraction of sp³-hybridized carbons (Fsp3) is 0.158. The molecule has 2 aromatic rings. The monoisotopic (exact) mass is 306 g/mol. The molecule has 1 atom stereocenters. The van der Waals surface area contributed by atoms with Crippen LogP contribution in [0.1, 0.15) is 34.0 Å². The number of rotatable bonds is 2. The number of hydrogen-bond acceptors (Lipinski definition) is 4. The van der Waals surface area contributed by atoms with Gasteiger partial charge in [-0.1, -0.05) is 36.4 Å². The normalized spacial score (nSPS) is 19.3. The first-order valence-electron chi connectivity index (χ1n) is 7.41. The maximum absolute atomic E-state index is 12.3. The predicted octanol–water partition coefficient (Wildman–Crippen LogP) is 3.33. The van der Waals surface area contributed by atoms with E-state index in [1.54, 1.807) is 19.2 Å². The second kappa shape index (κ2) is 5.09. The van der Waals surface area contributed by atoms with Gasteiger partial charge in [-0.2, -0.15) is 0 Å². The summed E-state index contributed by atoms with van der Waals surface area (Å²) in [5.74, 6) is 0.417. The molecule has 2 aromatic carbocycles. The molecule has 23 heavy (non-hydrogen) atoms. The van der Waals surface area contributed by atoms with Crippen LogP contribution in [-0.2, 0) is 9.53 Å². The second-order valence-electron chi connectivity index (χ2n) is 5.60. The van der Waals surface area contributed by atoms with Crippen molar-refractivity contribution in [2.75, 3.05) is 7.11 Å². The maximum Gasteiger partial charge on any atom is 0.234 e. The quantitative estimate of drug-likeness (QED) is 0.799. The van der Waals surface area contributed by atoms with Crippen LogP contribution < -0.4 is 4.74 Å². The number of carbonyl (C=O) groups excluding carboxylic acids is 2. The number of carbonyl (C=O) groups is 2. The lowest BCUT2D eigenvalue weighted by Gasteiger charge is -2.16. The summed E-state index contributed by atoms with van der Waals surface area (Å²) in [5.41, 5.74) is 2.57. The Morgan fingerprint density at radius 1 is 0.957 bits per heavy atom. The van der Waals surface area contributed by atoms with Crippen LogP contribution in [0.2, 0.25) is 0 Å². The van der Waals surface area contributed by atoms with Gasteiger partial charge in [0.25, 0.3) is 0 Å². The number of fused-ring (bicyclic) bond motifs is 2. The first-order valence-corrected chi connectivity index (χ1v) is 7.41. The molecule has 0 aromatic heterocycles. The van der Waals surface area contributed by atoms with Crippen LogP contribution >= 0.6 is 0 Å². The third-order valence-corrected chi connectivity index (χ3v) is 4.31. The minimum atomic E-state index is -0.449. The molecule has 0 saturated carbocycles. The lowest BCUT2D eigenvalue weighted by Crippen LogP contribution is -2.22. The molecule has 1 heterocycles. The van der Waals surface area contributed by atoms with Gasteiger partial charge in [-0.05, 0) is 17.7 Å². The third-order valence-electron chi connectivity index (χ3n) is 4.31. The van der Waals surface area contributed by atoms with Crippen LogP contribution in [0.5, 0.6) is 5.75 Å². The van der Waals surface area contributed by atoms with E-state index in [2.05, 4.69) is 0 Å². The highest BCUT2D eigenvalue weighted by Crippen LogP contribution is 2.44. The third kappa shape index (κ3) is 2.06. The lowest BCUT2D eigenvalue weighted by atomic mass is 9.87. The van der Waals surface area contributed by atoms with Crippen LogP contribution in [0.4, 0.5) is 0 Å². The molecule has 2 aliphatic rings. The van der Waals surface area contributed by atoms with Crippen LogP contribution in [0, 0.1) is 0 Å². The Balaban J connectivity index is 1.71. The van der Waals surface area contributed by atoms with Crippen molar-refractivity contribution in [3.63, 3.8) is 0 Å². The van der Waals surface area contributed by atoms with E-state index in [0.29, 0.717) is 28.9 Å². The van der Waals surface area contributed by atoms with Crippen LogP contribution in [0.15, 0.2) is 54.1 Å². The fourth-order valence-corrected chi connectivity index (χ4v) is 3.10. The average Bonchev–Trinajstić information content (AvgIpc) is 3.05. The van der Waals surface area contributed by atoms with Crippen molar-refractivity contribution in [1.82, 2.24) is 0 Å². The molecule has 0 N–H and O–H groups in total. The molecule has 4 nitrogen and oxygen atoms in total. The van der Waals surface area contributed by atoms with Crippen molar-refractivity contribution in [3.05, 3.63) is 70.8 Å². The summed E-state index contributed by atoms with van der Waals surface area (Å²) in [6.07, 6.45) is 0.162. The van der Waals surface area contributed by atoms with Gasteiger partial charge in [0.05, 0.1) is 12.7 Å². The SMILES string of the molecule is COc1ccc(C2CC3=C(O2)c2ccccc2C(=O)C3=O)cc1. The van der Waals surface area contributed by atoms with Gasteiger partial charge in [0.2, 0.25) is 11.6 Å². The zero-order chi connectivity index (χ0) is 16.0. The van der Waals surface area contributed by atoms with Crippen LogP contribution in [0.3, 0.4) is 0 Å². The Labute approximate surface area is 133 Å². The average molecular weight is 306 g/mol. The molecule has 1 aliphatic carbocycles. The summed E-state index contributed by atoms with van der Waals surface area (Å²) in [5, 5.41) is 0. The molecule has 0 radical (unpaired) electrons. The summed E-state index contributed by atoms with van der Waals surface area (Å²) in [4.78, 5) is 24.6. The van der Waals surface area contributed by atoms with Gasteiger partial charge in [0.15, 0.2) is 0 Å². The highest BCUT2D eigenvalue weighted by molar-refractivity contribution is 6.52. The standard InChI is InChI=1S/C19H14O4/c1-22-12-8-6-11(7-9-12)16-10-15-18(21)17(20)13-4-2-3-5-14(13)19(15)23-16/h2-9,16H,10H2,1H3. The van der Waals surface area contributed by atoms with Gasteiger partial charge < -0.3 is 9.47 Å². The summed E-state index contributed by atoms with van der Waals surface area (Å²) in [6, 6.07) is 14.6. The molecule has 0 bridgehead atoms. The first kappa shape index (κ1) is 13.8. The van der Waals surface area contributed by atoms with E-state index in [4.69, 9.17) is 9.47 Å². The summed E-state index contributed by atoms with van der Waals surface area (Å²) in [6.45, 7) is 0. The van der Waals surface area contributed by atoms with E-state index in [9.17, 15) is 9.59 Å². The highest BCUT2D eigenvalue weighted by atomic mass is 16.5. The van der Waals surface area contributed by atoms with E-state index in [0.717, 1.165) is 11.3 Å². The topological polar surface area (TPSA) is 52.6 Å². The van der Waals surface area contributed by atoms with Crippen molar-refractivity contribution in [2.24, 2.45) is 0 Å². The Morgan fingerprint density at radius 2 is 1.65 bits per heavy atom. The van der Waals surface area contributed by atoms with Crippen molar-refractivity contribution < 1.29 is 19.1 Å². The highest BCUT2D eigenvalue weighted by Gasteiger charge is 2.40. The Hall–Kier alpha value is -2.88. The van der Waals surface area contributed by atoms with Gasteiger partial charge >= 0.3 is 0 Å². The molecule has 4 rings (SSSR count). The Bertz CT molecular complexity index is 846. The number of Topliss-reactive ketones (excluding diaryl/α,β-unsaturated/α-hetero) is 2. The van der Waals surface area contributed by atoms with Crippen molar-refractivity contribution >= 4 is 17.3 Å². The lowest BCUT2D eigenvalue weighted by molar-refractivity contribution is -0.112. The zero-order valence-corrected chi connectivity index (χ0v) is 12.5. The zero-order valence-electron chi connectivity index (χ0n) is 12.5. The van der Waals surface area contributed by atoms with Crippen molar-refractivity contribution in [3.8, 4) is 5.75 Å². The molecule has 1 aliphatic heterocycles. The number of hydrogen-bond donors (Lipinski definition) is 0. The van der Waals surface area contributed by atoms with E-state index < -0.39 is 11.6 Å². The Morgan fingerprint density at radius 3 is 2.35 bits per heavy atom. The van der Waals surface area contributed by atoms with Gasteiger partial charge in [0.1, 0.15) is 17.6 Å². The minimum absolute atomic E-state index is 0.256. The van der Waals surface area contributed by atoms with E-state index >= 15 is 0 Å². The van der Waals surface area contributed by atoms with E-state index in [-0.39, 0.29) is 6.10 Å². The summed E-state index contributed by atoms with van der Waals surface area (Å²) >= 11 is 0. The van der Waals surface area contributed by atoms with Gasteiger partial charge in [-0.25, -0.2) is 0 Å². The van der Waals surface area contributed by atoms with Gasteiger partial charge in [-0.3, -0.25) is 9.59 Å². The Kier molecular flexibility index (Phi) is 3.05. The number of ketones is 2. The van der Waals surface area contributed by atoms with Gasteiger partial charge in [0, 0.05) is 17.5 Å². The molecule has 1 unspecified atom stereocenters. The van der Waals surface area contributed by atoms with E-state index in [1.807, 2.05) is 36.4 Å². The number of ether oxygens (including phenoxy) is 2. The molecular formula is C19H14O4. The molecule has 4 heteroatoms. The second-order valence-corrected chi connectivity index (χ2v) is 5.60. The van der Waals surface area contributed by atoms with Gasteiger partial charge in [-0.15, -0.1) is 0 Å². The smallest absolute Gasteiger partial charge is 0.234 e. The number of benzene rings is 2. The summed E-state index contributed by atoms with van der Waals surface area (Å²) < 4.78 is 11.2. The molecule has 0 fully saturated rings. The van der Waals surface area contributed by atoms with E-state index in [1.165, 1.54) is 0 Å². The molecule has 114 valence electrons. The van der Waals surface area contributed by atoms with Crippen LogP contribution in [-0.4, -0.2) is 18.7 Å². The van der Waals surface area contributed by atoms with Crippen LogP contribution in [0.25, 0.3) is 5.76 Å². The predicted molar refractivity (Wildman–Crippen MR) is 84.1 cm³/mol. The molecule has 0 spiro atoms. The molecular weight excluding hydrogens is 292 g/mol. The first-order chi connectivity index (χ1) is 11.2. The summed E-state index contributed by atoms with van der Waals surface area (Å²) in [7, 11) is 1.61. The molecule has 0 saturated heterocycles. The maximum atomic E-state index is 12.3. The largest absolute Gasteiger partial charge is 0.497 e. The minimum Gasteiger partial charge on any atom is -0.497 e. The van der Waals surface area contributed by atoms with Crippen molar-refractivity contribution in [2.45, 2.75) is 12.5 Å². The van der Waals surface area contributed by atoms with Crippen molar-refractivity contribution in [1.29, 1.82) is 0 Å². The fourth-order valence-electron chi connectivity index (χ4n) is 3.10.